The number of aromatic nitrogens is 2. The van der Waals surface area contributed by atoms with Gasteiger partial charge in [0.2, 0.25) is 0 Å². The number of carboxylic acids is 1. The quantitative estimate of drug-likeness (QED) is 0.856. The number of halogens is 1. The van der Waals surface area contributed by atoms with Crippen LogP contribution in [0.4, 0.5) is 4.39 Å². The summed E-state index contributed by atoms with van der Waals surface area (Å²) in [5.41, 5.74) is 1.60. The molecular formula is C16H18FN3O3. The predicted octanol–water partition coefficient (Wildman–Crippen LogP) is 2.40. The molecule has 0 aliphatic rings. The van der Waals surface area contributed by atoms with Crippen LogP contribution in [-0.4, -0.2) is 38.6 Å². The number of rotatable bonds is 6. The topological polar surface area (TPSA) is 86.3 Å². The van der Waals surface area contributed by atoms with E-state index in [0.29, 0.717) is 5.56 Å². The van der Waals surface area contributed by atoms with Gasteiger partial charge >= 0.3 is 5.97 Å². The summed E-state index contributed by atoms with van der Waals surface area (Å²) in [5, 5.41) is 15.7. The molecule has 0 atom stereocenters. The van der Waals surface area contributed by atoms with Crippen molar-refractivity contribution in [1.29, 1.82) is 0 Å². The lowest BCUT2D eigenvalue weighted by Crippen LogP contribution is -2.35. The Hall–Kier alpha value is -2.70. The van der Waals surface area contributed by atoms with Gasteiger partial charge in [-0.05, 0) is 29.7 Å². The monoisotopic (exact) mass is 319 g/mol. The second kappa shape index (κ2) is 7.04. The molecule has 2 aromatic rings. The highest BCUT2D eigenvalue weighted by Gasteiger charge is 2.22. The molecule has 6 nitrogen and oxygen atoms in total. The standard InChI is InChI=1S/C16H18FN3O3/c1-10(2)13-7-14(19-18-13)16(23)20(9-15(21)22)8-11-3-5-12(17)6-4-11/h3-7,10H,8-9H2,1-2H3,(H,18,19)(H,21,22). The smallest absolute Gasteiger partial charge is 0.323 e. The SMILES string of the molecule is CC(C)c1cc(C(=O)N(CC(=O)O)Cc2ccc(F)cc2)n[nH]1. The third-order valence-corrected chi connectivity index (χ3v) is 3.34. The number of hydrogen-bond acceptors (Lipinski definition) is 3. The molecule has 2 rings (SSSR count). The van der Waals surface area contributed by atoms with Crippen molar-refractivity contribution in [1.82, 2.24) is 15.1 Å². The van der Waals surface area contributed by atoms with Crippen LogP contribution in [0.5, 0.6) is 0 Å². The first-order chi connectivity index (χ1) is 10.9. The summed E-state index contributed by atoms with van der Waals surface area (Å²) in [6, 6.07) is 7.18. The Morgan fingerprint density at radius 1 is 1.30 bits per heavy atom. The molecule has 0 saturated heterocycles. The summed E-state index contributed by atoms with van der Waals surface area (Å²) < 4.78 is 12.9. The molecule has 0 bridgehead atoms. The molecule has 0 saturated carbocycles. The van der Waals surface area contributed by atoms with Crippen molar-refractivity contribution in [3.8, 4) is 0 Å². The normalized spacial score (nSPS) is 10.8. The zero-order valence-corrected chi connectivity index (χ0v) is 12.9. The molecule has 0 aliphatic heterocycles. The van der Waals surface area contributed by atoms with Crippen molar-refractivity contribution in [2.24, 2.45) is 0 Å². The van der Waals surface area contributed by atoms with Crippen LogP contribution in [-0.2, 0) is 11.3 Å². The third kappa shape index (κ3) is 4.38. The predicted molar refractivity (Wildman–Crippen MR) is 81.5 cm³/mol. The minimum Gasteiger partial charge on any atom is -0.480 e. The average Bonchev–Trinajstić information content (AvgIpc) is 2.97. The first-order valence-electron chi connectivity index (χ1n) is 7.17. The highest BCUT2D eigenvalue weighted by molar-refractivity contribution is 5.94. The van der Waals surface area contributed by atoms with Crippen molar-refractivity contribution >= 4 is 11.9 Å². The summed E-state index contributed by atoms with van der Waals surface area (Å²) in [4.78, 5) is 24.7. The van der Waals surface area contributed by atoms with Crippen molar-refractivity contribution in [3.05, 3.63) is 53.1 Å². The number of aromatic amines is 1. The number of nitrogens with one attached hydrogen (secondary N) is 1. The fourth-order valence-corrected chi connectivity index (χ4v) is 2.08. The lowest BCUT2D eigenvalue weighted by Gasteiger charge is -2.19. The van der Waals surface area contributed by atoms with Gasteiger partial charge in [0, 0.05) is 12.2 Å². The zero-order valence-electron chi connectivity index (χ0n) is 12.9. The molecule has 0 spiro atoms. The number of amides is 1. The van der Waals surface area contributed by atoms with Gasteiger partial charge in [0.25, 0.3) is 5.91 Å². The van der Waals surface area contributed by atoms with Crippen LogP contribution in [0.1, 0.15) is 41.5 Å². The van der Waals surface area contributed by atoms with Gasteiger partial charge in [0.1, 0.15) is 18.1 Å². The molecule has 122 valence electrons. The number of H-pyrrole nitrogens is 1. The third-order valence-electron chi connectivity index (χ3n) is 3.34. The Morgan fingerprint density at radius 3 is 2.48 bits per heavy atom. The van der Waals surface area contributed by atoms with E-state index in [4.69, 9.17) is 5.11 Å². The minimum atomic E-state index is -1.12. The second-order valence-electron chi connectivity index (χ2n) is 5.54. The van der Waals surface area contributed by atoms with E-state index in [1.54, 1.807) is 6.07 Å². The molecule has 23 heavy (non-hydrogen) atoms. The molecular weight excluding hydrogens is 301 g/mol. The fourth-order valence-electron chi connectivity index (χ4n) is 2.08. The van der Waals surface area contributed by atoms with Crippen LogP contribution in [0, 0.1) is 5.82 Å². The molecule has 0 radical (unpaired) electrons. The summed E-state index contributed by atoms with van der Waals surface area (Å²) in [7, 11) is 0. The maximum absolute atomic E-state index is 12.9. The number of benzene rings is 1. The van der Waals surface area contributed by atoms with Crippen molar-refractivity contribution in [2.45, 2.75) is 26.3 Å². The van der Waals surface area contributed by atoms with Gasteiger partial charge in [-0.15, -0.1) is 0 Å². The lowest BCUT2D eigenvalue weighted by atomic mass is 10.1. The molecule has 2 N–H and O–H groups in total. The summed E-state index contributed by atoms with van der Waals surface area (Å²) >= 11 is 0. The van der Waals surface area contributed by atoms with Gasteiger partial charge in [-0.3, -0.25) is 14.7 Å². The number of carboxylic acid groups (broad SMARTS) is 1. The molecule has 1 aromatic heterocycles. The van der Waals surface area contributed by atoms with E-state index in [9.17, 15) is 14.0 Å². The Bertz CT molecular complexity index is 695. The number of nitrogens with zero attached hydrogens (tertiary/aromatic N) is 2. The Labute approximate surface area is 132 Å². The van der Waals surface area contributed by atoms with Gasteiger partial charge in [-0.25, -0.2) is 4.39 Å². The van der Waals surface area contributed by atoms with E-state index in [1.807, 2.05) is 13.8 Å². The average molecular weight is 319 g/mol. The first-order valence-corrected chi connectivity index (χ1v) is 7.17. The summed E-state index contributed by atoms with van der Waals surface area (Å²) in [6.07, 6.45) is 0. The van der Waals surface area contributed by atoms with Gasteiger partial charge < -0.3 is 10.0 Å². The maximum atomic E-state index is 12.9. The zero-order chi connectivity index (χ0) is 17.0. The van der Waals surface area contributed by atoms with E-state index in [0.717, 1.165) is 10.6 Å². The second-order valence-corrected chi connectivity index (χ2v) is 5.54. The minimum absolute atomic E-state index is 0.0648. The van der Waals surface area contributed by atoms with Crippen LogP contribution < -0.4 is 0 Å². The van der Waals surface area contributed by atoms with Crippen molar-refractivity contribution in [3.63, 3.8) is 0 Å². The van der Waals surface area contributed by atoms with Crippen LogP contribution >= 0.6 is 0 Å². The maximum Gasteiger partial charge on any atom is 0.323 e. The number of carbonyl (C=O) groups excluding carboxylic acids is 1. The van der Waals surface area contributed by atoms with E-state index >= 15 is 0 Å². The van der Waals surface area contributed by atoms with Crippen LogP contribution in [0.3, 0.4) is 0 Å². The first kappa shape index (κ1) is 16.7. The highest BCUT2D eigenvalue weighted by atomic mass is 19.1. The Kier molecular flexibility index (Phi) is 5.10. The largest absolute Gasteiger partial charge is 0.480 e. The number of carbonyl (C=O) groups is 2. The Balaban J connectivity index is 2.20. The van der Waals surface area contributed by atoms with Gasteiger partial charge in [-0.2, -0.15) is 5.10 Å². The summed E-state index contributed by atoms with van der Waals surface area (Å²) in [5.74, 6) is -1.83. The molecule has 1 aromatic carbocycles. The van der Waals surface area contributed by atoms with E-state index in [2.05, 4.69) is 10.2 Å². The van der Waals surface area contributed by atoms with Crippen LogP contribution in [0.15, 0.2) is 30.3 Å². The van der Waals surface area contributed by atoms with E-state index in [-0.39, 0.29) is 18.2 Å². The molecule has 1 heterocycles. The molecule has 7 heteroatoms. The molecule has 0 aliphatic carbocycles. The number of aliphatic carboxylic acids is 1. The van der Waals surface area contributed by atoms with Crippen molar-refractivity contribution < 1.29 is 19.1 Å². The molecule has 0 fully saturated rings. The highest BCUT2D eigenvalue weighted by Crippen LogP contribution is 2.15. The fraction of sp³-hybridized carbons (Fsp3) is 0.312. The lowest BCUT2D eigenvalue weighted by molar-refractivity contribution is -0.137. The van der Waals surface area contributed by atoms with Crippen LogP contribution in [0.2, 0.25) is 0 Å². The van der Waals surface area contributed by atoms with Crippen LogP contribution in [0.25, 0.3) is 0 Å². The Morgan fingerprint density at radius 2 is 1.96 bits per heavy atom. The van der Waals surface area contributed by atoms with Gasteiger partial charge in [-0.1, -0.05) is 26.0 Å². The molecule has 1 amide bonds. The summed E-state index contributed by atoms with van der Waals surface area (Å²) in [6.45, 7) is 3.51. The van der Waals surface area contributed by atoms with Crippen molar-refractivity contribution in [2.75, 3.05) is 6.54 Å². The van der Waals surface area contributed by atoms with Gasteiger partial charge in [0.05, 0.1) is 0 Å². The number of hydrogen-bond donors (Lipinski definition) is 2. The van der Waals surface area contributed by atoms with E-state index in [1.165, 1.54) is 24.3 Å². The molecule has 0 unspecified atom stereocenters. The van der Waals surface area contributed by atoms with Gasteiger partial charge in [0.15, 0.2) is 0 Å². The van der Waals surface area contributed by atoms with E-state index < -0.39 is 24.2 Å².